The average molecular weight is 194 g/mol. The van der Waals surface area contributed by atoms with Gasteiger partial charge in [-0.3, -0.25) is 5.01 Å². The predicted octanol–water partition coefficient (Wildman–Crippen LogP) is 1.55. The van der Waals surface area contributed by atoms with Gasteiger partial charge in [-0.15, -0.1) is 4.91 Å². The molecular weight excluding hydrogens is 180 g/mol. The Labute approximate surface area is 83.1 Å². The normalized spacial score (nSPS) is 9.79. The molecule has 1 rings (SSSR count). The first kappa shape index (κ1) is 10.7. The zero-order valence-corrected chi connectivity index (χ0v) is 7.97. The summed E-state index contributed by atoms with van der Waals surface area (Å²) in [5, 5.41) is 12.9. The first-order chi connectivity index (χ1) is 6.86. The van der Waals surface area contributed by atoms with Gasteiger partial charge < -0.3 is 5.11 Å². The number of benzene rings is 1. The zero-order valence-electron chi connectivity index (χ0n) is 7.97. The Kier molecular flexibility index (Phi) is 4.64. The summed E-state index contributed by atoms with van der Waals surface area (Å²) < 4.78 is 0. The predicted molar refractivity (Wildman–Crippen MR) is 54.3 cm³/mol. The molecule has 0 amide bonds. The Morgan fingerprint density at radius 3 is 2.57 bits per heavy atom. The van der Waals surface area contributed by atoms with Crippen LogP contribution < -0.4 is 0 Å². The van der Waals surface area contributed by atoms with Crippen LogP contribution in [0.2, 0.25) is 0 Å². The molecule has 1 aromatic carbocycles. The number of aliphatic hydroxyl groups is 1. The minimum Gasteiger partial charge on any atom is -0.396 e. The largest absolute Gasteiger partial charge is 0.396 e. The van der Waals surface area contributed by atoms with Crippen LogP contribution in [0, 0.1) is 4.91 Å². The molecule has 4 nitrogen and oxygen atoms in total. The van der Waals surface area contributed by atoms with Crippen molar-refractivity contribution in [3.8, 4) is 0 Å². The molecule has 0 bridgehead atoms. The van der Waals surface area contributed by atoms with Crippen molar-refractivity contribution in [3.63, 3.8) is 0 Å². The van der Waals surface area contributed by atoms with Crippen LogP contribution in [-0.4, -0.2) is 23.3 Å². The number of rotatable bonds is 6. The molecule has 4 heteroatoms. The fourth-order valence-electron chi connectivity index (χ4n) is 1.20. The molecule has 0 heterocycles. The van der Waals surface area contributed by atoms with E-state index in [4.69, 9.17) is 5.11 Å². The lowest BCUT2D eigenvalue weighted by Gasteiger charge is -2.14. The van der Waals surface area contributed by atoms with Crippen LogP contribution in [-0.2, 0) is 6.54 Å². The van der Waals surface area contributed by atoms with Gasteiger partial charge in [0.1, 0.15) is 0 Å². The molecule has 0 aliphatic carbocycles. The summed E-state index contributed by atoms with van der Waals surface area (Å²) in [6.07, 6.45) is 0.568. The van der Waals surface area contributed by atoms with Gasteiger partial charge in [-0.2, -0.15) is 0 Å². The van der Waals surface area contributed by atoms with E-state index in [0.29, 0.717) is 19.5 Å². The van der Waals surface area contributed by atoms with Crippen LogP contribution in [0.15, 0.2) is 35.6 Å². The van der Waals surface area contributed by atoms with Crippen molar-refractivity contribution in [3.05, 3.63) is 40.8 Å². The first-order valence-corrected chi connectivity index (χ1v) is 4.60. The molecule has 0 aliphatic heterocycles. The molecule has 0 spiro atoms. The van der Waals surface area contributed by atoms with Crippen molar-refractivity contribution >= 4 is 0 Å². The molecule has 0 fully saturated rings. The molecule has 76 valence electrons. The van der Waals surface area contributed by atoms with E-state index in [1.165, 1.54) is 5.01 Å². The summed E-state index contributed by atoms with van der Waals surface area (Å²) in [5.41, 5.74) is 1.05. The SMILES string of the molecule is O=NN(CCCO)Cc1ccccc1. The maximum Gasteiger partial charge on any atom is 0.0642 e. The third kappa shape index (κ3) is 3.53. The molecule has 0 aliphatic rings. The van der Waals surface area contributed by atoms with E-state index in [0.717, 1.165) is 5.56 Å². The second-order valence-electron chi connectivity index (χ2n) is 3.03. The Hall–Kier alpha value is -1.42. The highest BCUT2D eigenvalue weighted by atomic mass is 16.3. The highest BCUT2D eigenvalue weighted by Gasteiger charge is 2.02. The second kappa shape index (κ2) is 6.10. The van der Waals surface area contributed by atoms with Crippen LogP contribution >= 0.6 is 0 Å². The smallest absolute Gasteiger partial charge is 0.0642 e. The van der Waals surface area contributed by atoms with E-state index in [1.54, 1.807) is 0 Å². The first-order valence-electron chi connectivity index (χ1n) is 4.60. The molecule has 0 atom stereocenters. The average Bonchev–Trinajstić information content (AvgIpc) is 2.25. The van der Waals surface area contributed by atoms with E-state index >= 15 is 0 Å². The summed E-state index contributed by atoms with van der Waals surface area (Å²) in [6, 6.07) is 9.65. The quantitative estimate of drug-likeness (QED) is 0.552. The fourth-order valence-corrected chi connectivity index (χ4v) is 1.20. The summed E-state index contributed by atoms with van der Waals surface area (Å²) in [4.78, 5) is 10.4. The number of hydrogen-bond donors (Lipinski definition) is 1. The summed E-state index contributed by atoms with van der Waals surface area (Å²) in [6.45, 7) is 1.08. The van der Waals surface area contributed by atoms with Crippen molar-refractivity contribution in [2.24, 2.45) is 5.29 Å². The molecule has 0 unspecified atom stereocenters. The van der Waals surface area contributed by atoms with Gasteiger partial charge in [-0.1, -0.05) is 30.3 Å². The molecule has 1 aromatic rings. The molecule has 0 aromatic heterocycles. The maximum atomic E-state index is 10.4. The van der Waals surface area contributed by atoms with Crippen molar-refractivity contribution in [2.45, 2.75) is 13.0 Å². The van der Waals surface area contributed by atoms with Crippen LogP contribution in [0.3, 0.4) is 0 Å². The minimum atomic E-state index is 0.0841. The molecule has 0 saturated heterocycles. The maximum absolute atomic E-state index is 10.4. The van der Waals surface area contributed by atoms with Crippen molar-refractivity contribution in [1.29, 1.82) is 0 Å². The van der Waals surface area contributed by atoms with Gasteiger partial charge in [0.15, 0.2) is 0 Å². The molecule has 0 radical (unpaired) electrons. The van der Waals surface area contributed by atoms with Crippen molar-refractivity contribution < 1.29 is 5.11 Å². The standard InChI is InChI=1S/C10H14N2O2/c13-8-4-7-12(11-14)9-10-5-2-1-3-6-10/h1-3,5-6,13H,4,7-9H2. The van der Waals surface area contributed by atoms with E-state index in [-0.39, 0.29) is 6.61 Å². The Balaban J connectivity index is 2.44. The summed E-state index contributed by atoms with van der Waals surface area (Å²) >= 11 is 0. The second-order valence-corrected chi connectivity index (χ2v) is 3.03. The monoisotopic (exact) mass is 194 g/mol. The van der Waals surface area contributed by atoms with Crippen LogP contribution in [0.1, 0.15) is 12.0 Å². The molecule has 1 N–H and O–H groups in total. The molecular formula is C10H14N2O2. The lowest BCUT2D eigenvalue weighted by Crippen LogP contribution is -2.18. The topological polar surface area (TPSA) is 52.9 Å². The van der Waals surface area contributed by atoms with Gasteiger partial charge in [0.2, 0.25) is 0 Å². The van der Waals surface area contributed by atoms with Gasteiger partial charge in [0.25, 0.3) is 0 Å². The van der Waals surface area contributed by atoms with E-state index < -0.39 is 0 Å². The van der Waals surface area contributed by atoms with E-state index in [1.807, 2.05) is 30.3 Å². The van der Waals surface area contributed by atoms with Gasteiger partial charge in [0.05, 0.1) is 11.8 Å². The van der Waals surface area contributed by atoms with Crippen LogP contribution in [0.5, 0.6) is 0 Å². The lowest BCUT2D eigenvalue weighted by molar-refractivity contribution is 0.222. The Morgan fingerprint density at radius 2 is 2.00 bits per heavy atom. The number of aliphatic hydroxyl groups excluding tert-OH is 1. The van der Waals surface area contributed by atoms with E-state index in [2.05, 4.69) is 5.29 Å². The number of nitrogens with zero attached hydrogens (tertiary/aromatic N) is 2. The fraction of sp³-hybridized carbons (Fsp3) is 0.400. The van der Waals surface area contributed by atoms with Crippen molar-refractivity contribution in [2.75, 3.05) is 13.2 Å². The van der Waals surface area contributed by atoms with Crippen LogP contribution in [0.4, 0.5) is 0 Å². The number of nitroso groups, excluding NO2 is 1. The highest BCUT2D eigenvalue weighted by molar-refractivity contribution is 5.14. The Bertz CT molecular complexity index is 264. The summed E-state index contributed by atoms with van der Waals surface area (Å²) in [5.74, 6) is 0. The van der Waals surface area contributed by atoms with Gasteiger partial charge in [-0.25, -0.2) is 0 Å². The lowest BCUT2D eigenvalue weighted by atomic mass is 10.2. The van der Waals surface area contributed by atoms with Gasteiger partial charge >= 0.3 is 0 Å². The van der Waals surface area contributed by atoms with E-state index in [9.17, 15) is 4.91 Å². The summed E-state index contributed by atoms with van der Waals surface area (Å²) in [7, 11) is 0. The molecule has 0 saturated carbocycles. The third-order valence-electron chi connectivity index (χ3n) is 1.90. The minimum absolute atomic E-state index is 0.0841. The van der Waals surface area contributed by atoms with Gasteiger partial charge in [-0.05, 0) is 12.0 Å². The molecule has 14 heavy (non-hydrogen) atoms. The Morgan fingerprint density at radius 1 is 1.29 bits per heavy atom. The van der Waals surface area contributed by atoms with Gasteiger partial charge in [0, 0.05) is 13.2 Å². The third-order valence-corrected chi connectivity index (χ3v) is 1.90. The van der Waals surface area contributed by atoms with Crippen LogP contribution in [0.25, 0.3) is 0 Å². The number of hydrogen-bond acceptors (Lipinski definition) is 3. The highest BCUT2D eigenvalue weighted by Crippen LogP contribution is 2.04. The zero-order chi connectivity index (χ0) is 10.2. The van der Waals surface area contributed by atoms with Crippen molar-refractivity contribution in [1.82, 2.24) is 5.01 Å².